The summed E-state index contributed by atoms with van der Waals surface area (Å²) in [6.07, 6.45) is 1.86. The maximum atomic E-state index is 12.8. The normalized spacial score (nSPS) is 15.2. The Balaban J connectivity index is 1.59. The Hall–Kier alpha value is -2.53. The molecule has 0 atom stereocenters. The Labute approximate surface area is 155 Å². The molecule has 1 aromatic heterocycles. The van der Waals surface area contributed by atoms with Gasteiger partial charge in [-0.25, -0.2) is 0 Å². The first-order valence-electron chi connectivity index (χ1n) is 9.18. The average Bonchev–Trinajstić information content (AvgIpc) is 2.92. The van der Waals surface area contributed by atoms with Gasteiger partial charge in [0.2, 0.25) is 5.78 Å². The average molecular weight is 354 g/mol. The van der Waals surface area contributed by atoms with Gasteiger partial charge in [-0.15, -0.1) is 6.58 Å². The summed E-state index contributed by atoms with van der Waals surface area (Å²) < 4.78 is 2.14. The molecule has 1 aromatic carbocycles. The van der Waals surface area contributed by atoms with E-state index in [1.54, 1.807) is 12.1 Å². The Bertz CT molecular complexity index is 784. The number of hydrogen-bond acceptors (Lipinski definition) is 3. The van der Waals surface area contributed by atoms with E-state index in [-0.39, 0.29) is 11.5 Å². The number of nitrogens with one attached hydrogen (secondary N) is 1. The summed E-state index contributed by atoms with van der Waals surface area (Å²) in [7, 11) is 0. The molecule has 3 rings (SSSR count). The third-order valence-corrected chi connectivity index (χ3v) is 5.28. The maximum Gasteiger partial charge on any atom is 0.218 e. The molecule has 2 aromatic rings. The van der Waals surface area contributed by atoms with E-state index in [4.69, 9.17) is 0 Å². The third kappa shape index (κ3) is 3.83. The van der Waals surface area contributed by atoms with Crippen LogP contribution in [0.15, 0.2) is 43.0 Å². The molecule has 5 heteroatoms. The van der Waals surface area contributed by atoms with Crippen molar-refractivity contribution >= 4 is 11.5 Å². The third-order valence-electron chi connectivity index (χ3n) is 5.28. The van der Waals surface area contributed by atoms with Crippen LogP contribution in [0.5, 0.6) is 5.75 Å². The minimum absolute atomic E-state index is 0.224. The van der Waals surface area contributed by atoms with Gasteiger partial charge in [-0.2, -0.15) is 0 Å². The van der Waals surface area contributed by atoms with E-state index in [1.165, 1.54) is 4.90 Å². The number of phenolic OH excluding ortho intramolecular Hbond substituents is 1. The SMILES string of the molecule is C=CCn1c(C)cc(C(=O)C[NH+]2CCN(c3ccc(O)cc3)CC2)c1C. The molecule has 0 radical (unpaired) electrons. The molecule has 0 unspecified atom stereocenters. The second-order valence-corrected chi connectivity index (χ2v) is 7.04. The monoisotopic (exact) mass is 354 g/mol. The standard InChI is InChI=1S/C21H27N3O2/c1-4-9-24-16(2)14-20(17(24)3)21(26)15-22-10-12-23(13-11-22)18-5-7-19(25)8-6-18/h4-8,14,25H,1,9-13,15H2,2-3H3/p+1. The number of aromatic nitrogens is 1. The minimum Gasteiger partial charge on any atom is -0.508 e. The van der Waals surface area contributed by atoms with Gasteiger partial charge in [0.15, 0.2) is 0 Å². The van der Waals surface area contributed by atoms with Crippen molar-refractivity contribution in [3.8, 4) is 5.75 Å². The number of aromatic hydroxyl groups is 1. The zero-order chi connectivity index (χ0) is 18.7. The second kappa shape index (κ2) is 7.79. The van der Waals surface area contributed by atoms with Crippen LogP contribution in [-0.2, 0) is 6.54 Å². The molecule has 5 nitrogen and oxygen atoms in total. The lowest BCUT2D eigenvalue weighted by molar-refractivity contribution is -0.892. The molecule has 0 bridgehead atoms. The fraction of sp³-hybridized carbons (Fsp3) is 0.381. The number of quaternary nitrogens is 1. The van der Waals surface area contributed by atoms with Crippen LogP contribution in [0.4, 0.5) is 5.69 Å². The zero-order valence-electron chi connectivity index (χ0n) is 15.7. The number of hydrogen-bond donors (Lipinski definition) is 2. The number of rotatable bonds is 6. The predicted molar refractivity (Wildman–Crippen MR) is 104 cm³/mol. The van der Waals surface area contributed by atoms with Crippen LogP contribution in [-0.4, -0.2) is 48.2 Å². The predicted octanol–water partition coefficient (Wildman–Crippen LogP) is 1.58. The Morgan fingerprint density at radius 3 is 2.50 bits per heavy atom. The molecule has 1 saturated heterocycles. The lowest BCUT2D eigenvalue weighted by Gasteiger charge is -2.33. The topological polar surface area (TPSA) is 49.9 Å². The highest BCUT2D eigenvalue weighted by molar-refractivity contribution is 5.98. The van der Waals surface area contributed by atoms with Crippen LogP contribution in [0.3, 0.4) is 0 Å². The van der Waals surface area contributed by atoms with Gasteiger partial charge < -0.3 is 19.5 Å². The molecule has 2 N–H and O–H groups in total. The van der Waals surface area contributed by atoms with Crippen molar-refractivity contribution in [3.05, 3.63) is 59.9 Å². The van der Waals surface area contributed by atoms with E-state index in [2.05, 4.69) is 16.0 Å². The van der Waals surface area contributed by atoms with Crippen molar-refractivity contribution < 1.29 is 14.8 Å². The number of nitrogens with zero attached hydrogens (tertiary/aromatic N) is 2. The van der Waals surface area contributed by atoms with Gasteiger partial charge in [-0.05, 0) is 44.2 Å². The van der Waals surface area contributed by atoms with Crippen molar-refractivity contribution in [2.75, 3.05) is 37.6 Å². The number of benzene rings is 1. The van der Waals surface area contributed by atoms with Gasteiger partial charge in [0.1, 0.15) is 12.3 Å². The smallest absolute Gasteiger partial charge is 0.218 e. The van der Waals surface area contributed by atoms with E-state index in [1.807, 2.05) is 38.1 Å². The van der Waals surface area contributed by atoms with Crippen LogP contribution in [0.25, 0.3) is 0 Å². The number of allylic oxidation sites excluding steroid dienone is 1. The Morgan fingerprint density at radius 1 is 1.23 bits per heavy atom. The van der Waals surface area contributed by atoms with Gasteiger partial charge in [0.25, 0.3) is 0 Å². The van der Waals surface area contributed by atoms with E-state index in [9.17, 15) is 9.90 Å². The number of anilines is 1. The van der Waals surface area contributed by atoms with Gasteiger partial charge in [-0.3, -0.25) is 4.79 Å². The second-order valence-electron chi connectivity index (χ2n) is 7.04. The largest absolute Gasteiger partial charge is 0.508 e. The van der Waals surface area contributed by atoms with Gasteiger partial charge in [0, 0.05) is 29.2 Å². The molecule has 138 valence electrons. The summed E-state index contributed by atoms with van der Waals surface area (Å²) >= 11 is 0. The number of phenols is 1. The molecule has 0 aliphatic carbocycles. The zero-order valence-corrected chi connectivity index (χ0v) is 15.7. The molecule has 0 amide bonds. The highest BCUT2D eigenvalue weighted by Gasteiger charge is 2.24. The molecule has 0 spiro atoms. The minimum atomic E-state index is 0.224. The highest BCUT2D eigenvalue weighted by atomic mass is 16.3. The fourth-order valence-electron chi connectivity index (χ4n) is 3.74. The summed E-state index contributed by atoms with van der Waals surface area (Å²) in [5, 5.41) is 9.41. The van der Waals surface area contributed by atoms with Gasteiger partial charge >= 0.3 is 0 Å². The molecule has 1 aliphatic rings. The first-order chi connectivity index (χ1) is 12.5. The lowest BCUT2D eigenvalue weighted by Crippen LogP contribution is -3.15. The molecular formula is C21H28N3O2+. The molecular weight excluding hydrogens is 326 g/mol. The number of Topliss-reactive ketones (excluding diaryl/α,β-unsaturated/α-hetero) is 1. The van der Waals surface area contributed by atoms with Crippen LogP contribution in [0.1, 0.15) is 21.7 Å². The van der Waals surface area contributed by atoms with Gasteiger partial charge in [-0.1, -0.05) is 6.08 Å². The van der Waals surface area contributed by atoms with Crippen LogP contribution in [0, 0.1) is 13.8 Å². The van der Waals surface area contributed by atoms with Crippen molar-refractivity contribution in [2.45, 2.75) is 20.4 Å². The summed E-state index contributed by atoms with van der Waals surface area (Å²) in [4.78, 5) is 16.4. The Kier molecular flexibility index (Phi) is 5.47. The van der Waals surface area contributed by atoms with Crippen LogP contribution >= 0.6 is 0 Å². The number of piperazine rings is 1. The summed E-state index contributed by atoms with van der Waals surface area (Å²) in [5.74, 6) is 0.513. The highest BCUT2D eigenvalue weighted by Crippen LogP contribution is 2.18. The number of ketones is 1. The van der Waals surface area contributed by atoms with E-state index < -0.39 is 0 Å². The van der Waals surface area contributed by atoms with E-state index in [0.717, 1.165) is 55.4 Å². The molecule has 1 fully saturated rings. The molecule has 0 saturated carbocycles. The van der Waals surface area contributed by atoms with E-state index in [0.29, 0.717) is 6.54 Å². The first kappa shape index (κ1) is 18.3. The fourth-order valence-corrected chi connectivity index (χ4v) is 3.74. The molecule has 26 heavy (non-hydrogen) atoms. The first-order valence-corrected chi connectivity index (χ1v) is 9.18. The summed E-state index contributed by atoms with van der Waals surface area (Å²) in [6, 6.07) is 9.33. The van der Waals surface area contributed by atoms with Crippen LogP contribution in [0.2, 0.25) is 0 Å². The summed E-state index contributed by atoms with van der Waals surface area (Å²) in [5.41, 5.74) is 4.12. The molecule has 2 heterocycles. The maximum absolute atomic E-state index is 12.8. The summed E-state index contributed by atoms with van der Waals surface area (Å²) in [6.45, 7) is 12.9. The quantitative estimate of drug-likeness (QED) is 0.612. The number of carbonyl (C=O) groups excluding carboxylic acids is 1. The van der Waals surface area contributed by atoms with E-state index >= 15 is 0 Å². The van der Waals surface area contributed by atoms with Crippen LogP contribution < -0.4 is 9.80 Å². The van der Waals surface area contributed by atoms with Crippen molar-refractivity contribution in [3.63, 3.8) is 0 Å². The molecule has 1 aliphatic heterocycles. The van der Waals surface area contributed by atoms with Crippen molar-refractivity contribution in [1.29, 1.82) is 0 Å². The lowest BCUT2D eigenvalue weighted by atomic mass is 10.1. The Morgan fingerprint density at radius 2 is 1.88 bits per heavy atom. The number of carbonyl (C=O) groups is 1. The van der Waals surface area contributed by atoms with Crippen molar-refractivity contribution in [1.82, 2.24) is 4.57 Å². The van der Waals surface area contributed by atoms with Crippen molar-refractivity contribution in [2.24, 2.45) is 0 Å². The number of aryl methyl sites for hydroxylation is 1. The van der Waals surface area contributed by atoms with Gasteiger partial charge in [0.05, 0.1) is 26.2 Å².